The Bertz CT molecular complexity index is 1840. The van der Waals surface area contributed by atoms with Gasteiger partial charge in [0.25, 0.3) is 5.56 Å². The van der Waals surface area contributed by atoms with Crippen LogP contribution in [0.1, 0.15) is 39.4 Å². The van der Waals surface area contributed by atoms with Crippen LogP contribution in [0.4, 0.5) is 0 Å². The molecular weight excluding hydrogens is 530 g/mol. The van der Waals surface area contributed by atoms with Crippen LogP contribution in [-0.4, -0.2) is 45.2 Å². The molecule has 0 unspecified atom stereocenters. The summed E-state index contributed by atoms with van der Waals surface area (Å²) in [5.41, 5.74) is 1.87. The summed E-state index contributed by atoms with van der Waals surface area (Å²) in [5, 5.41) is 0.727. The number of hydrogen-bond acceptors (Lipinski definition) is 9. The molecule has 1 aromatic heterocycles. The van der Waals surface area contributed by atoms with Crippen molar-refractivity contribution in [2.24, 2.45) is 0 Å². The van der Waals surface area contributed by atoms with Crippen molar-refractivity contribution in [2.45, 2.75) is 12.3 Å². The van der Waals surface area contributed by atoms with Crippen molar-refractivity contribution < 1.29 is 38.0 Å². The largest absolute Gasteiger partial charge is 0.497 e. The quantitative estimate of drug-likeness (QED) is 0.206. The molecule has 0 radical (unpaired) electrons. The Morgan fingerprint density at radius 2 is 1.66 bits per heavy atom. The molecule has 1 N–H and O–H groups in total. The second-order valence-electron chi connectivity index (χ2n) is 9.46. The number of methoxy groups -OCH3 is 4. The number of allylic oxidation sites excluding steroid dienone is 1. The van der Waals surface area contributed by atoms with Crippen LogP contribution in [0.15, 0.2) is 59.1 Å². The second-order valence-corrected chi connectivity index (χ2v) is 9.46. The number of Topliss-reactive ketones (excluding diaryl/α,β-unsaturated/α-hetero) is 1. The number of hydrogen-bond donors (Lipinski definition) is 1. The van der Waals surface area contributed by atoms with Crippen LogP contribution in [0.25, 0.3) is 17.0 Å². The van der Waals surface area contributed by atoms with Gasteiger partial charge in [-0.15, -0.1) is 0 Å². The topological polar surface area (TPSA) is 122 Å². The van der Waals surface area contributed by atoms with E-state index < -0.39 is 11.9 Å². The van der Waals surface area contributed by atoms with Gasteiger partial charge in [-0.1, -0.05) is 0 Å². The van der Waals surface area contributed by atoms with Gasteiger partial charge in [-0.2, -0.15) is 0 Å². The summed E-state index contributed by atoms with van der Waals surface area (Å²) in [6, 6.07) is 13.5. The number of benzene rings is 3. The number of aromatic nitrogens is 1. The van der Waals surface area contributed by atoms with E-state index in [0.29, 0.717) is 45.2 Å². The molecule has 10 nitrogen and oxygen atoms in total. The predicted octanol–water partition coefficient (Wildman–Crippen LogP) is 4.62. The van der Waals surface area contributed by atoms with E-state index in [0.717, 1.165) is 5.39 Å². The van der Waals surface area contributed by atoms with Crippen molar-refractivity contribution in [1.29, 1.82) is 0 Å². The highest BCUT2D eigenvalue weighted by molar-refractivity contribution is 6.15. The highest BCUT2D eigenvalue weighted by Gasteiger charge is 2.39. The maximum atomic E-state index is 13.5. The average Bonchev–Trinajstić information content (AvgIpc) is 3.30. The molecule has 0 fully saturated rings. The zero-order valence-electron chi connectivity index (χ0n) is 22.7. The van der Waals surface area contributed by atoms with E-state index in [2.05, 4.69) is 4.98 Å². The minimum Gasteiger partial charge on any atom is -0.497 e. The Morgan fingerprint density at radius 1 is 0.854 bits per heavy atom. The maximum absolute atomic E-state index is 13.5. The number of rotatable bonds is 6. The lowest BCUT2D eigenvalue weighted by atomic mass is 9.85. The molecular formula is C31H25NO9. The first kappa shape index (κ1) is 26.0. The van der Waals surface area contributed by atoms with Crippen molar-refractivity contribution in [3.8, 4) is 34.5 Å². The molecule has 0 saturated carbocycles. The molecule has 2 aliphatic rings. The first-order valence-electron chi connectivity index (χ1n) is 12.7. The number of pyridine rings is 1. The van der Waals surface area contributed by atoms with E-state index in [1.165, 1.54) is 21.3 Å². The molecule has 0 saturated heterocycles. The Morgan fingerprint density at radius 3 is 2.39 bits per heavy atom. The molecule has 4 aromatic rings. The lowest BCUT2D eigenvalue weighted by Gasteiger charge is -2.26. The first-order chi connectivity index (χ1) is 19.9. The second kappa shape index (κ2) is 10.1. The summed E-state index contributed by atoms with van der Waals surface area (Å²) in [6.07, 6.45) is 1.44. The highest BCUT2D eigenvalue weighted by atomic mass is 16.5. The van der Waals surface area contributed by atoms with Gasteiger partial charge in [0.1, 0.15) is 17.2 Å². The fourth-order valence-electron chi connectivity index (χ4n) is 5.34. The van der Waals surface area contributed by atoms with Gasteiger partial charge in [0.2, 0.25) is 11.5 Å². The standard InChI is InChI=1S/C31H25NO9/c1-36-17-6-8-21-16(11-17)12-20(31(35)32-21)19-14-25(33)40-22-10-7-18-27(34)24(41-29(18)26(19)22)13-15-5-9-23(37-2)30(39-4)28(15)38-3/h5-13,19H,14H2,1-4H3,(H,32,35)/b24-13-/t19-/m1/s1. The van der Waals surface area contributed by atoms with Crippen molar-refractivity contribution in [3.05, 3.63) is 86.9 Å². The molecule has 0 spiro atoms. The summed E-state index contributed by atoms with van der Waals surface area (Å²) in [7, 11) is 6.04. The Hall–Kier alpha value is -5.25. The average molecular weight is 556 g/mol. The van der Waals surface area contributed by atoms with Crippen LogP contribution in [-0.2, 0) is 4.79 Å². The SMILES string of the molecule is COc1ccc2[nH]c(=O)c([C@H]3CC(=O)Oc4ccc5c(c43)O/C(=C\c3ccc(OC)c(OC)c3OC)C5=O)cc2c1. The third-order valence-corrected chi connectivity index (χ3v) is 7.26. The van der Waals surface area contributed by atoms with Gasteiger partial charge in [-0.05, 0) is 54.6 Å². The highest BCUT2D eigenvalue weighted by Crippen LogP contribution is 2.49. The third kappa shape index (κ3) is 4.24. The summed E-state index contributed by atoms with van der Waals surface area (Å²) < 4.78 is 33.4. The minimum atomic E-state index is -0.719. The third-order valence-electron chi connectivity index (χ3n) is 7.26. The molecule has 3 aromatic carbocycles. The summed E-state index contributed by atoms with van der Waals surface area (Å²) >= 11 is 0. The number of ether oxygens (including phenoxy) is 6. The summed E-state index contributed by atoms with van der Waals surface area (Å²) in [6.45, 7) is 0. The van der Waals surface area contributed by atoms with E-state index in [1.54, 1.807) is 61.7 Å². The number of carbonyl (C=O) groups excluding carboxylic acids is 2. The van der Waals surface area contributed by atoms with Crippen LogP contribution in [0, 0.1) is 0 Å². The number of H-pyrrole nitrogens is 1. The van der Waals surface area contributed by atoms with E-state index in [9.17, 15) is 14.4 Å². The molecule has 0 bridgehead atoms. The van der Waals surface area contributed by atoms with Gasteiger partial charge in [0, 0.05) is 33.5 Å². The number of ketones is 1. The van der Waals surface area contributed by atoms with Gasteiger partial charge in [0.15, 0.2) is 17.3 Å². The fraction of sp³-hybridized carbons (Fsp3) is 0.194. The van der Waals surface area contributed by atoms with E-state index >= 15 is 0 Å². The molecule has 0 amide bonds. The molecule has 10 heteroatoms. The van der Waals surface area contributed by atoms with Gasteiger partial charge in [0.05, 0.1) is 40.4 Å². The van der Waals surface area contributed by atoms with Crippen molar-refractivity contribution >= 4 is 28.7 Å². The molecule has 41 heavy (non-hydrogen) atoms. The molecule has 6 rings (SSSR count). The lowest BCUT2D eigenvalue weighted by Crippen LogP contribution is -2.26. The van der Waals surface area contributed by atoms with Crippen molar-refractivity contribution in [1.82, 2.24) is 4.98 Å². The number of fused-ring (bicyclic) bond motifs is 4. The Labute approximate surface area is 234 Å². The van der Waals surface area contributed by atoms with Crippen LogP contribution in [0.5, 0.6) is 34.5 Å². The van der Waals surface area contributed by atoms with Gasteiger partial charge >= 0.3 is 5.97 Å². The number of aromatic amines is 1. The van der Waals surface area contributed by atoms with Crippen LogP contribution in [0.2, 0.25) is 0 Å². The minimum absolute atomic E-state index is 0.0340. The van der Waals surface area contributed by atoms with Crippen molar-refractivity contribution in [3.63, 3.8) is 0 Å². The van der Waals surface area contributed by atoms with Gasteiger partial charge in [-0.3, -0.25) is 14.4 Å². The maximum Gasteiger partial charge on any atom is 0.312 e. The number of esters is 1. The Balaban J connectivity index is 1.48. The zero-order chi connectivity index (χ0) is 28.8. The van der Waals surface area contributed by atoms with Crippen LogP contribution >= 0.6 is 0 Å². The molecule has 3 heterocycles. The Kier molecular flexibility index (Phi) is 6.37. The molecule has 2 aliphatic heterocycles. The van der Waals surface area contributed by atoms with E-state index in [4.69, 9.17) is 28.4 Å². The normalized spacial score (nSPS) is 16.6. The van der Waals surface area contributed by atoms with E-state index in [-0.39, 0.29) is 40.6 Å². The zero-order valence-corrected chi connectivity index (χ0v) is 22.7. The predicted molar refractivity (Wildman–Crippen MR) is 149 cm³/mol. The first-order valence-corrected chi connectivity index (χ1v) is 12.7. The number of carbonyl (C=O) groups is 2. The number of nitrogens with one attached hydrogen (secondary N) is 1. The van der Waals surface area contributed by atoms with Gasteiger partial charge in [-0.25, -0.2) is 0 Å². The molecule has 208 valence electrons. The monoisotopic (exact) mass is 555 g/mol. The molecule has 1 atom stereocenters. The van der Waals surface area contributed by atoms with E-state index in [1.807, 2.05) is 0 Å². The van der Waals surface area contributed by atoms with Crippen LogP contribution in [0.3, 0.4) is 0 Å². The molecule has 0 aliphatic carbocycles. The summed E-state index contributed by atoms with van der Waals surface area (Å²) in [4.78, 5) is 42.3. The van der Waals surface area contributed by atoms with Crippen LogP contribution < -0.4 is 34.0 Å². The summed E-state index contributed by atoms with van der Waals surface area (Å²) in [5.74, 6) is 0.723. The fourth-order valence-corrected chi connectivity index (χ4v) is 5.34. The van der Waals surface area contributed by atoms with Gasteiger partial charge < -0.3 is 33.4 Å². The van der Waals surface area contributed by atoms with Crippen molar-refractivity contribution in [2.75, 3.05) is 28.4 Å². The smallest absolute Gasteiger partial charge is 0.312 e. The lowest BCUT2D eigenvalue weighted by molar-refractivity contribution is -0.135.